The van der Waals surface area contributed by atoms with Gasteiger partial charge in [0.05, 0.1) is 5.54 Å². The number of nitrogens with one attached hydrogen (secondary N) is 1. The highest BCUT2D eigenvalue weighted by atomic mass is 15.2. The van der Waals surface area contributed by atoms with E-state index in [1.165, 1.54) is 12.8 Å². The molecule has 0 spiro atoms. The molecule has 0 radical (unpaired) electrons. The van der Waals surface area contributed by atoms with Gasteiger partial charge in [0.25, 0.3) is 0 Å². The normalized spacial score (nSPS) is 18.8. The predicted molar refractivity (Wildman–Crippen MR) is 75.7 cm³/mol. The molecule has 0 aliphatic heterocycles. The molecule has 1 fully saturated rings. The van der Waals surface area contributed by atoms with E-state index in [2.05, 4.69) is 56.4 Å². The van der Waals surface area contributed by atoms with E-state index in [1.54, 1.807) is 0 Å². The first-order valence-electron chi connectivity index (χ1n) is 6.44. The molecule has 0 heterocycles. The molecule has 0 aromatic carbocycles. The van der Waals surface area contributed by atoms with Crippen LogP contribution in [0.25, 0.3) is 0 Å². The lowest BCUT2D eigenvalue weighted by Crippen LogP contribution is -2.46. The lowest BCUT2D eigenvalue weighted by atomic mass is 9.95. The summed E-state index contributed by atoms with van der Waals surface area (Å²) in [5.74, 6) is 0. The quantitative estimate of drug-likeness (QED) is 0.679. The molecule has 96 valence electrons. The second-order valence-corrected chi connectivity index (χ2v) is 5.21. The van der Waals surface area contributed by atoms with Crippen molar-refractivity contribution in [2.45, 2.75) is 51.6 Å². The van der Waals surface area contributed by atoms with Crippen LogP contribution in [0.4, 0.5) is 0 Å². The lowest BCUT2D eigenvalue weighted by Gasteiger charge is -2.37. The van der Waals surface area contributed by atoms with E-state index in [0.717, 1.165) is 17.8 Å². The summed E-state index contributed by atoms with van der Waals surface area (Å²) < 4.78 is 0. The summed E-state index contributed by atoms with van der Waals surface area (Å²) >= 11 is 0. The molecule has 0 bridgehead atoms. The van der Waals surface area contributed by atoms with Crippen molar-refractivity contribution >= 4 is 0 Å². The van der Waals surface area contributed by atoms with Crippen LogP contribution in [0.1, 0.15) is 40.0 Å². The van der Waals surface area contributed by atoms with Gasteiger partial charge in [0, 0.05) is 24.5 Å². The molecule has 0 saturated heterocycles. The molecule has 1 aliphatic carbocycles. The van der Waals surface area contributed by atoms with Crippen LogP contribution in [-0.2, 0) is 0 Å². The Hall–Kier alpha value is -1.18. The fourth-order valence-corrected chi connectivity index (χ4v) is 2.06. The predicted octanol–water partition coefficient (Wildman–Crippen LogP) is 3.44. The summed E-state index contributed by atoms with van der Waals surface area (Å²) in [4.78, 5) is 2.30. The van der Waals surface area contributed by atoms with Gasteiger partial charge in [-0.25, -0.2) is 0 Å². The molecule has 0 aromatic rings. The van der Waals surface area contributed by atoms with Gasteiger partial charge in [-0.3, -0.25) is 0 Å². The summed E-state index contributed by atoms with van der Waals surface area (Å²) in [7, 11) is 2.14. The Morgan fingerprint density at radius 1 is 1.47 bits per heavy atom. The van der Waals surface area contributed by atoms with Crippen LogP contribution in [0.15, 0.2) is 36.7 Å². The van der Waals surface area contributed by atoms with E-state index in [4.69, 9.17) is 0 Å². The third-order valence-electron chi connectivity index (χ3n) is 3.28. The first-order chi connectivity index (χ1) is 7.90. The molecule has 1 atom stereocenters. The van der Waals surface area contributed by atoms with Crippen LogP contribution in [-0.4, -0.2) is 23.5 Å². The molecule has 2 nitrogen and oxygen atoms in total. The second kappa shape index (κ2) is 5.44. The molecule has 0 amide bonds. The maximum atomic E-state index is 4.26. The lowest BCUT2D eigenvalue weighted by molar-refractivity contribution is 0.337. The van der Waals surface area contributed by atoms with Gasteiger partial charge in [0.1, 0.15) is 0 Å². The number of hydrogen-bond acceptors (Lipinski definition) is 2. The Kier molecular flexibility index (Phi) is 4.44. The minimum atomic E-state index is -0.223. The van der Waals surface area contributed by atoms with Crippen molar-refractivity contribution in [3.63, 3.8) is 0 Å². The van der Waals surface area contributed by atoms with Gasteiger partial charge < -0.3 is 10.2 Å². The molecule has 0 aromatic heterocycles. The summed E-state index contributed by atoms with van der Waals surface area (Å²) in [6.45, 7) is 14.5. The van der Waals surface area contributed by atoms with Crippen molar-refractivity contribution in [2.75, 3.05) is 7.05 Å². The highest BCUT2D eigenvalue weighted by molar-refractivity contribution is 5.27. The third-order valence-corrected chi connectivity index (χ3v) is 3.28. The topological polar surface area (TPSA) is 15.3 Å². The first-order valence-corrected chi connectivity index (χ1v) is 6.44. The number of hydrogen-bond donors (Lipinski definition) is 1. The number of nitrogens with zero attached hydrogens (tertiary/aromatic N) is 1. The Morgan fingerprint density at radius 2 is 2.06 bits per heavy atom. The Morgan fingerprint density at radius 3 is 2.47 bits per heavy atom. The monoisotopic (exact) mass is 234 g/mol. The van der Waals surface area contributed by atoms with Gasteiger partial charge in [-0.15, -0.1) is 0 Å². The largest absolute Gasteiger partial charge is 0.375 e. The zero-order chi connectivity index (χ0) is 13.1. The van der Waals surface area contributed by atoms with Crippen molar-refractivity contribution in [3.8, 4) is 0 Å². The molecular formula is C15H26N2. The van der Waals surface area contributed by atoms with Crippen LogP contribution in [0, 0.1) is 0 Å². The molecule has 1 saturated carbocycles. The van der Waals surface area contributed by atoms with Crippen LogP contribution < -0.4 is 5.32 Å². The fourth-order valence-electron chi connectivity index (χ4n) is 2.06. The van der Waals surface area contributed by atoms with Gasteiger partial charge in [-0.05, 0) is 33.1 Å². The molecule has 2 heteroatoms. The smallest absolute Gasteiger partial charge is 0.0920 e. The van der Waals surface area contributed by atoms with Crippen LogP contribution in [0.3, 0.4) is 0 Å². The molecule has 1 rings (SSSR count). The van der Waals surface area contributed by atoms with E-state index < -0.39 is 0 Å². The standard InChI is InChI=1S/C15H26N2/c1-7-8-11-15(5,16-12(2)3)13(4)17(6)14-9-10-14/h8,11,14,16H,2,4,7,9-10H2,1,3,5-6H3/b11-8-. The van der Waals surface area contributed by atoms with Crippen LogP contribution >= 0.6 is 0 Å². The molecular weight excluding hydrogens is 208 g/mol. The summed E-state index contributed by atoms with van der Waals surface area (Å²) in [5.41, 5.74) is 1.87. The highest BCUT2D eigenvalue weighted by Gasteiger charge is 2.34. The summed E-state index contributed by atoms with van der Waals surface area (Å²) in [6.07, 6.45) is 7.99. The molecule has 1 unspecified atom stereocenters. The maximum absolute atomic E-state index is 4.26. The van der Waals surface area contributed by atoms with Gasteiger partial charge in [0.2, 0.25) is 0 Å². The fraction of sp³-hybridized carbons (Fsp3) is 0.600. The van der Waals surface area contributed by atoms with E-state index >= 15 is 0 Å². The zero-order valence-corrected chi connectivity index (χ0v) is 11.7. The summed E-state index contributed by atoms with van der Waals surface area (Å²) in [5, 5.41) is 3.43. The summed E-state index contributed by atoms with van der Waals surface area (Å²) in [6, 6.07) is 0.684. The highest BCUT2D eigenvalue weighted by Crippen LogP contribution is 2.32. The molecule has 17 heavy (non-hydrogen) atoms. The van der Waals surface area contributed by atoms with Gasteiger partial charge in [-0.1, -0.05) is 32.2 Å². The minimum absolute atomic E-state index is 0.223. The first kappa shape index (κ1) is 13.9. The maximum Gasteiger partial charge on any atom is 0.0920 e. The third kappa shape index (κ3) is 3.65. The van der Waals surface area contributed by atoms with Crippen LogP contribution in [0.5, 0.6) is 0 Å². The molecule has 1 N–H and O–H groups in total. The van der Waals surface area contributed by atoms with Crippen molar-refractivity contribution in [3.05, 3.63) is 36.7 Å². The van der Waals surface area contributed by atoms with E-state index in [0.29, 0.717) is 6.04 Å². The van der Waals surface area contributed by atoms with Crippen molar-refractivity contribution < 1.29 is 0 Å². The Balaban J connectivity index is 2.83. The number of rotatable bonds is 7. The van der Waals surface area contributed by atoms with Gasteiger partial charge in [-0.2, -0.15) is 0 Å². The van der Waals surface area contributed by atoms with Crippen molar-refractivity contribution in [2.24, 2.45) is 0 Å². The SMILES string of the molecule is C=C(C)NC(C)(/C=C\CC)C(=C)N(C)C1CC1. The van der Waals surface area contributed by atoms with Crippen molar-refractivity contribution in [1.29, 1.82) is 0 Å². The Labute approximate surface area is 106 Å². The average Bonchev–Trinajstić information content (AvgIpc) is 3.07. The minimum Gasteiger partial charge on any atom is -0.375 e. The van der Waals surface area contributed by atoms with Gasteiger partial charge >= 0.3 is 0 Å². The van der Waals surface area contributed by atoms with Crippen molar-refractivity contribution in [1.82, 2.24) is 10.2 Å². The number of likely N-dealkylation sites (N-methyl/N-ethyl adjacent to an activating group) is 1. The average molecular weight is 234 g/mol. The van der Waals surface area contributed by atoms with Crippen LogP contribution in [0.2, 0.25) is 0 Å². The second-order valence-electron chi connectivity index (χ2n) is 5.21. The zero-order valence-electron chi connectivity index (χ0n) is 11.7. The van der Waals surface area contributed by atoms with E-state index in [9.17, 15) is 0 Å². The van der Waals surface area contributed by atoms with E-state index in [-0.39, 0.29) is 5.54 Å². The van der Waals surface area contributed by atoms with Gasteiger partial charge in [0.15, 0.2) is 0 Å². The number of allylic oxidation sites excluding steroid dienone is 2. The Bertz CT molecular complexity index is 326. The molecule has 1 aliphatic rings. The van der Waals surface area contributed by atoms with E-state index in [1.807, 2.05) is 6.92 Å².